The highest BCUT2D eigenvalue weighted by Crippen LogP contribution is 2.33. The lowest BCUT2D eigenvalue weighted by Crippen LogP contribution is -2.14. The molecule has 1 heterocycles. The summed E-state index contributed by atoms with van der Waals surface area (Å²) in [5.41, 5.74) is 3.60. The maximum absolute atomic E-state index is 4.41. The molecule has 0 saturated carbocycles. The van der Waals surface area contributed by atoms with Crippen molar-refractivity contribution in [3.63, 3.8) is 0 Å². The average molecular weight is 349 g/mol. The Morgan fingerprint density at radius 2 is 1.81 bits per heavy atom. The van der Waals surface area contributed by atoms with Crippen LogP contribution >= 0.6 is 15.9 Å². The summed E-state index contributed by atoms with van der Waals surface area (Å²) in [6.45, 7) is 7.23. The van der Waals surface area contributed by atoms with Gasteiger partial charge in [-0.1, -0.05) is 13.0 Å². The summed E-state index contributed by atoms with van der Waals surface area (Å²) in [7, 11) is 2.02. The van der Waals surface area contributed by atoms with E-state index in [1.165, 1.54) is 11.1 Å². The second kappa shape index (κ2) is 6.89. The van der Waals surface area contributed by atoms with Crippen LogP contribution in [0.25, 0.3) is 0 Å². The molecule has 0 spiro atoms. The molecule has 2 rings (SSSR count). The molecule has 1 aromatic heterocycles. The van der Waals surface area contributed by atoms with Crippen molar-refractivity contribution >= 4 is 33.3 Å². The van der Waals surface area contributed by atoms with Crippen molar-refractivity contribution in [1.29, 1.82) is 0 Å². The van der Waals surface area contributed by atoms with E-state index in [9.17, 15) is 0 Å². The van der Waals surface area contributed by atoms with Gasteiger partial charge in [0.2, 0.25) is 0 Å². The van der Waals surface area contributed by atoms with Gasteiger partial charge >= 0.3 is 0 Å². The normalized spacial score (nSPS) is 10.5. The highest BCUT2D eigenvalue weighted by molar-refractivity contribution is 9.10. The Balaban J connectivity index is 2.36. The molecule has 0 saturated heterocycles. The minimum absolute atomic E-state index is 0.832. The zero-order chi connectivity index (χ0) is 15.4. The summed E-state index contributed by atoms with van der Waals surface area (Å²) in [5, 5.41) is 3.31. The van der Waals surface area contributed by atoms with E-state index in [1.54, 1.807) is 6.33 Å². The van der Waals surface area contributed by atoms with Crippen molar-refractivity contribution in [2.24, 2.45) is 0 Å². The number of rotatable bonds is 5. The highest BCUT2D eigenvalue weighted by Gasteiger charge is 2.14. The van der Waals surface area contributed by atoms with E-state index in [0.717, 1.165) is 34.8 Å². The van der Waals surface area contributed by atoms with Crippen molar-refractivity contribution in [1.82, 2.24) is 9.97 Å². The molecule has 0 radical (unpaired) electrons. The largest absolute Gasteiger partial charge is 0.369 e. The molecule has 0 amide bonds. The minimum Gasteiger partial charge on any atom is -0.369 e. The highest BCUT2D eigenvalue weighted by atomic mass is 79.9. The van der Waals surface area contributed by atoms with Gasteiger partial charge in [0.25, 0.3) is 0 Å². The smallest absolute Gasteiger partial charge is 0.152 e. The van der Waals surface area contributed by atoms with Crippen molar-refractivity contribution in [2.75, 3.05) is 23.8 Å². The summed E-state index contributed by atoms with van der Waals surface area (Å²) < 4.78 is 0.889. The summed E-state index contributed by atoms with van der Waals surface area (Å²) in [6, 6.07) is 6.47. The fraction of sp³-hybridized carbons (Fsp3) is 0.375. The SMILES string of the molecule is CCCNc1ncnc(N(C)c2cc(C)cc(C)c2)c1Br. The zero-order valence-electron chi connectivity index (χ0n) is 12.9. The molecular weight excluding hydrogens is 328 g/mol. The van der Waals surface area contributed by atoms with Gasteiger partial charge in [0.05, 0.1) is 0 Å². The summed E-state index contributed by atoms with van der Waals surface area (Å²) in [5.74, 6) is 1.69. The van der Waals surface area contributed by atoms with Crippen LogP contribution in [-0.4, -0.2) is 23.6 Å². The lowest BCUT2D eigenvalue weighted by molar-refractivity contribution is 0.958. The Kier molecular flexibility index (Phi) is 5.17. The first-order valence-electron chi connectivity index (χ1n) is 7.09. The third kappa shape index (κ3) is 3.73. The number of nitrogens with one attached hydrogen (secondary N) is 1. The third-order valence-electron chi connectivity index (χ3n) is 3.22. The molecule has 1 aromatic carbocycles. The van der Waals surface area contributed by atoms with Gasteiger partial charge in [-0.05, 0) is 59.5 Å². The number of halogens is 1. The van der Waals surface area contributed by atoms with Gasteiger partial charge in [0.15, 0.2) is 5.82 Å². The predicted molar refractivity (Wildman–Crippen MR) is 92.5 cm³/mol. The van der Waals surface area contributed by atoms with Crippen LogP contribution in [0.3, 0.4) is 0 Å². The van der Waals surface area contributed by atoms with E-state index >= 15 is 0 Å². The fourth-order valence-corrected chi connectivity index (χ4v) is 2.84. The molecule has 0 bridgehead atoms. The second-order valence-electron chi connectivity index (χ2n) is 5.19. The first kappa shape index (κ1) is 15.8. The van der Waals surface area contributed by atoms with Crippen LogP contribution < -0.4 is 10.2 Å². The Hall–Kier alpha value is -1.62. The molecule has 0 aliphatic rings. The van der Waals surface area contributed by atoms with Crippen LogP contribution in [0.5, 0.6) is 0 Å². The Bertz CT molecular complexity index is 607. The van der Waals surface area contributed by atoms with Crippen molar-refractivity contribution in [3.8, 4) is 0 Å². The molecule has 21 heavy (non-hydrogen) atoms. The van der Waals surface area contributed by atoms with Gasteiger partial charge in [-0.15, -0.1) is 0 Å². The van der Waals surface area contributed by atoms with Gasteiger partial charge in [-0.3, -0.25) is 0 Å². The molecule has 112 valence electrons. The van der Waals surface area contributed by atoms with Crippen LogP contribution in [0.2, 0.25) is 0 Å². The third-order valence-corrected chi connectivity index (χ3v) is 3.96. The molecule has 4 nitrogen and oxygen atoms in total. The monoisotopic (exact) mass is 348 g/mol. The molecule has 2 aromatic rings. The van der Waals surface area contributed by atoms with Crippen molar-refractivity contribution in [2.45, 2.75) is 27.2 Å². The van der Waals surface area contributed by atoms with E-state index in [-0.39, 0.29) is 0 Å². The molecule has 0 aliphatic carbocycles. The average Bonchev–Trinajstić information content (AvgIpc) is 2.44. The predicted octanol–water partition coefficient (Wildman–Crippen LogP) is 4.45. The van der Waals surface area contributed by atoms with Gasteiger partial charge in [0.1, 0.15) is 16.6 Å². The summed E-state index contributed by atoms with van der Waals surface area (Å²) >= 11 is 3.62. The van der Waals surface area contributed by atoms with Gasteiger partial charge in [0, 0.05) is 19.3 Å². The molecule has 5 heteroatoms. The number of aromatic nitrogens is 2. The van der Waals surface area contributed by atoms with Gasteiger partial charge in [-0.25, -0.2) is 9.97 Å². The van der Waals surface area contributed by atoms with Crippen LogP contribution in [0.1, 0.15) is 24.5 Å². The standard InChI is InChI=1S/C16H21BrN4/c1-5-6-18-15-14(17)16(20-10-19-15)21(4)13-8-11(2)7-12(3)9-13/h7-10H,5-6H2,1-4H3,(H,18,19,20). The molecule has 0 fully saturated rings. The minimum atomic E-state index is 0.832. The number of benzene rings is 1. The van der Waals surface area contributed by atoms with Gasteiger partial charge < -0.3 is 10.2 Å². The first-order chi connectivity index (χ1) is 10.0. The number of nitrogens with zero attached hydrogens (tertiary/aromatic N) is 3. The maximum atomic E-state index is 4.41. The van der Waals surface area contributed by atoms with Crippen LogP contribution in [-0.2, 0) is 0 Å². The topological polar surface area (TPSA) is 41.1 Å². The number of aryl methyl sites for hydroxylation is 2. The Morgan fingerprint density at radius 3 is 2.43 bits per heavy atom. The zero-order valence-corrected chi connectivity index (χ0v) is 14.5. The molecular formula is C16H21BrN4. The summed E-state index contributed by atoms with van der Waals surface area (Å²) in [6.07, 6.45) is 2.65. The van der Waals surface area contributed by atoms with Gasteiger partial charge in [-0.2, -0.15) is 0 Å². The van der Waals surface area contributed by atoms with E-state index < -0.39 is 0 Å². The van der Waals surface area contributed by atoms with E-state index in [0.29, 0.717) is 0 Å². The van der Waals surface area contributed by atoms with Crippen LogP contribution in [0, 0.1) is 13.8 Å². The quantitative estimate of drug-likeness (QED) is 0.866. The van der Waals surface area contributed by atoms with Crippen LogP contribution in [0.15, 0.2) is 29.0 Å². The van der Waals surface area contributed by atoms with E-state index in [4.69, 9.17) is 0 Å². The van der Waals surface area contributed by atoms with Crippen molar-refractivity contribution in [3.05, 3.63) is 40.1 Å². The first-order valence-corrected chi connectivity index (χ1v) is 7.88. The van der Waals surface area contributed by atoms with E-state index in [2.05, 4.69) is 75.1 Å². The maximum Gasteiger partial charge on any atom is 0.152 e. The molecule has 1 N–H and O–H groups in total. The molecule has 0 aliphatic heterocycles. The second-order valence-corrected chi connectivity index (χ2v) is 5.98. The lowest BCUT2D eigenvalue weighted by Gasteiger charge is -2.21. The molecule has 0 atom stereocenters. The van der Waals surface area contributed by atoms with E-state index in [1.807, 2.05) is 7.05 Å². The number of hydrogen-bond donors (Lipinski definition) is 1. The number of hydrogen-bond acceptors (Lipinski definition) is 4. The summed E-state index contributed by atoms with van der Waals surface area (Å²) in [4.78, 5) is 10.8. The molecule has 0 unspecified atom stereocenters. The Morgan fingerprint density at radius 1 is 1.14 bits per heavy atom. The Labute approximate surface area is 134 Å². The van der Waals surface area contributed by atoms with Crippen molar-refractivity contribution < 1.29 is 0 Å². The number of anilines is 3. The fourth-order valence-electron chi connectivity index (χ4n) is 2.23. The van der Waals surface area contributed by atoms with Crippen LogP contribution in [0.4, 0.5) is 17.3 Å². The lowest BCUT2D eigenvalue weighted by atomic mass is 10.1.